The molecule has 16 heavy (non-hydrogen) atoms. The molecule has 88 valence electrons. The topological polar surface area (TPSA) is 108 Å². The minimum Gasteiger partial charge on any atom is -0.389 e. The molecule has 5 N–H and O–H groups in total. The Morgan fingerprint density at radius 1 is 1.44 bits per heavy atom. The number of nitrogens with two attached hydrogens (primary N) is 1. The molecular weight excluding hydrogens is 210 g/mol. The Kier molecular flexibility index (Phi) is 2.90. The third kappa shape index (κ3) is 1.92. The van der Waals surface area contributed by atoms with Crippen molar-refractivity contribution in [2.24, 2.45) is 5.84 Å². The van der Waals surface area contributed by atoms with Crippen LogP contribution in [0.3, 0.4) is 0 Å². The Balaban J connectivity index is 2.26. The highest BCUT2D eigenvalue weighted by atomic mass is 16.3. The van der Waals surface area contributed by atoms with Crippen LogP contribution in [0, 0.1) is 6.92 Å². The van der Waals surface area contributed by atoms with Gasteiger partial charge in [0.1, 0.15) is 5.82 Å². The zero-order valence-electron chi connectivity index (χ0n) is 8.96. The molecule has 0 aromatic carbocycles. The van der Waals surface area contributed by atoms with Gasteiger partial charge < -0.3 is 15.1 Å². The number of nitrogen functional groups attached to an aromatic ring is 1. The summed E-state index contributed by atoms with van der Waals surface area (Å²) in [7, 11) is 0. The van der Waals surface area contributed by atoms with Crippen molar-refractivity contribution in [2.45, 2.75) is 19.1 Å². The van der Waals surface area contributed by atoms with Gasteiger partial charge in [0.15, 0.2) is 0 Å². The third-order valence-electron chi connectivity index (χ3n) is 2.63. The number of rotatable bonds is 2. The fourth-order valence-electron chi connectivity index (χ4n) is 1.77. The lowest BCUT2D eigenvalue weighted by Gasteiger charge is -2.18. The van der Waals surface area contributed by atoms with Crippen molar-refractivity contribution in [1.29, 1.82) is 0 Å². The molecule has 7 nitrogen and oxygen atoms in total. The SMILES string of the molecule is Cc1cnc(NN)nc1N1CC(O)C(O)C1. The maximum Gasteiger partial charge on any atom is 0.239 e. The van der Waals surface area contributed by atoms with E-state index in [9.17, 15) is 10.2 Å². The van der Waals surface area contributed by atoms with Crippen molar-refractivity contribution in [3.05, 3.63) is 11.8 Å². The summed E-state index contributed by atoms with van der Waals surface area (Å²) in [6, 6.07) is 0. The van der Waals surface area contributed by atoms with Gasteiger partial charge >= 0.3 is 0 Å². The summed E-state index contributed by atoms with van der Waals surface area (Å²) in [5.41, 5.74) is 3.24. The average molecular weight is 225 g/mol. The van der Waals surface area contributed by atoms with Crippen molar-refractivity contribution in [3.8, 4) is 0 Å². The maximum atomic E-state index is 9.47. The van der Waals surface area contributed by atoms with Gasteiger partial charge in [-0.3, -0.25) is 5.43 Å². The van der Waals surface area contributed by atoms with Crippen LogP contribution in [-0.2, 0) is 0 Å². The van der Waals surface area contributed by atoms with Crippen LogP contribution in [0.2, 0.25) is 0 Å². The molecule has 1 saturated heterocycles. The first-order chi connectivity index (χ1) is 7.61. The summed E-state index contributed by atoms with van der Waals surface area (Å²) in [5, 5.41) is 18.9. The maximum absolute atomic E-state index is 9.47. The fourth-order valence-corrected chi connectivity index (χ4v) is 1.77. The Hall–Kier alpha value is -1.44. The number of aryl methyl sites for hydroxylation is 1. The predicted molar refractivity (Wildman–Crippen MR) is 58.8 cm³/mol. The zero-order valence-corrected chi connectivity index (χ0v) is 8.96. The summed E-state index contributed by atoms with van der Waals surface area (Å²) < 4.78 is 0. The van der Waals surface area contributed by atoms with Crippen LogP contribution in [0.25, 0.3) is 0 Å². The molecule has 1 aromatic heterocycles. The average Bonchev–Trinajstić information content (AvgIpc) is 2.60. The number of nitrogens with one attached hydrogen (secondary N) is 1. The van der Waals surface area contributed by atoms with E-state index in [1.54, 1.807) is 6.20 Å². The number of β-amino-alcohol motifs (C(OH)–C–C–N with tert-alkyl or cyclic N) is 2. The highest BCUT2D eigenvalue weighted by molar-refractivity contribution is 5.50. The molecule has 1 fully saturated rings. The van der Waals surface area contributed by atoms with E-state index in [4.69, 9.17) is 5.84 Å². The van der Waals surface area contributed by atoms with E-state index in [1.807, 2.05) is 11.8 Å². The van der Waals surface area contributed by atoms with Crippen molar-refractivity contribution in [1.82, 2.24) is 9.97 Å². The predicted octanol–water partition coefficient (Wildman–Crippen LogP) is -1.39. The first-order valence-electron chi connectivity index (χ1n) is 5.03. The Morgan fingerprint density at radius 2 is 2.06 bits per heavy atom. The summed E-state index contributed by atoms with van der Waals surface area (Å²) in [5.74, 6) is 6.23. The van der Waals surface area contributed by atoms with Crippen molar-refractivity contribution >= 4 is 11.8 Å². The molecular formula is C9H15N5O2. The van der Waals surface area contributed by atoms with Crippen molar-refractivity contribution < 1.29 is 10.2 Å². The largest absolute Gasteiger partial charge is 0.389 e. The minimum absolute atomic E-state index is 0.316. The van der Waals surface area contributed by atoms with Crippen molar-refractivity contribution in [3.63, 3.8) is 0 Å². The van der Waals surface area contributed by atoms with Crippen LogP contribution in [0.5, 0.6) is 0 Å². The number of nitrogens with zero attached hydrogens (tertiary/aromatic N) is 3. The summed E-state index contributed by atoms with van der Waals surface area (Å²) >= 11 is 0. The van der Waals surface area contributed by atoms with E-state index in [-0.39, 0.29) is 0 Å². The van der Waals surface area contributed by atoms with E-state index in [2.05, 4.69) is 15.4 Å². The Bertz CT molecular complexity index is 376. The molecule has 2 unspecified atom stereocenters. The number of hydrogen-bond donors (Lipinski definition) is 4. The summed E-state index contributed by atoms with van der Waals surface area (Å²) in [6.07, 6.45) is 0.182. The number of hydrazine groups is 1. The van der Waals surface area contributed by atoms with Crippen LogP contribution in [0.15, 0.2) is 6.20 Å². The van der Waals surface area contributed by atoms with Gasteiger partial charge in [-0.2, -0.15) is 4.98 Å². The second kappa shape index (κ2) is 4.20. The quantitative estimate of drug-likeness (QED) is 0.362. The lowest BCUT2D eigenvalue weighted by Crippen LogP contribution is -2.24. The molecule has 0 saturated carbocycles. The van der Waals surface area contributed by atoms with Crippen molar-refractivity contribution in [2.75, 3.05) is 23.4 Å². The second-order valence-corrected chi connectivity index (χ2v) is 3.88. The number of aliphatic hydroxyl groups excluding tert-OH is 2. The molecule has 1 aliphatic heterocycles. The van der Waals surface area contributed by atoms with E-state index in [0.717, 1.165) is 5.56 Å². The van der Waals surface area contributed by atoms with Gasteiger partial charge in [0.2, 0.25) is 5.95 Å². The molecule has 0 spiro atoms. The molecule has 2 heterocycles. The Morgan fingerprint density at radius 3 is 2.62 bits per heavy atom. The van der Waals surface area contributed by atoms with E-state index in [1.165, 1.54) is 0 Å². The van der Waals surface area contributed by atoms with Gasteiger partial charge in [-0.15, -0.1) is 0 Å². The monoisotopic (exact) mass is 225 g/mol. The lowest BCUT2D eigenvalue weighted by molar-refractivity contribution is 0.0572. The van der Waals surface area contributed by atoms with Gasteiger partial charge in [-0.25, -0.2) is 10.8 Å². The molecule has 2 rings (SSSR count). The highest BCUT2D eigenvalue weighted by Crippen LogP contribution is 2.22. The Labute approximate surface area is 92.9 Å². The van der Waals surface area contributed by atoms with Gasteiger partial charge in [-0.1, -0.05) is 0 Å². The van der Waals surface area contributed by atoms with E-state index >= 15 is 0 Å². The standard InChI is InChI=1S/C9H15N5O2/c1-5-2-11-9(13-10)12-8(5)14-3-6(15)7(16)4-14/h2,6-7,15-16H,3-4,10H2,1H3,(H,11,12,13). The molecule has 1 aromatic rings. The molecule has 0 aliphatic carbocycles. The molecule has 0 bridgehead atoms. The summed E-state index contributed by atoms with van der Waals surface area (Å²) in [6.45, 7) is 2.60. The molecule has 7 heteroatoms. The molecule has 0 amide bonds. The van der Waals surface area contributed by atoms with Crippen LogP contribution in [-0.4, -0.2) is 45.5 Å². The van der Waals surface area contributed by atoms with Crippen LogP contribution in [0.1, 0.15) is 5.56 Å². The third-order valence-corrected chi connectivity index (χ3v) is 2.63. The number of aliphatic hydroxyl groups is 2. The van der Waals surface area contributed by atoms with Crippen LogP contribution < -0.4 is 16.2 Å². The van der Waals surface area contributed by atoms with Crippen LogP contribution in [0.4, 0.5) is 11.8 Å². The smallest absolute Gasteiger partial charge is 0.239 e. The highest BCUT2D eigenvalue weighted by Gasteiger charge is 2.31. The van der Waals surface area contributed by atoms with Crippen LogP contribution >= 0.6 is 0 Å². The normalized spacial score (nSPS) is 24.9. The van der Waals surface area contributed by atoms with Gasteiger partial charge in [0.25, 0.3) is 0 Å². The fraction of sp³-hybridized carbons (Fsp3) is 0.556. The first kappa shape index (κ1) is 11.1. The molecule has 2 atom stereocenters. The minimum atomic E-state index is -0.733. The number of aromatic nitrogens is 2. The lowest BCUT2D eigenvalue weighted by atomic mass is 10.3. The zero-order chi connectivity index (χ0) is 11.7. The molecule has 1 aliphatic rings. The second-order valence-electron chi connectivity index (χ2n) is 3.88. The van der Waals surface area contributed by atoms with E-state index < -0.39 is 12.2 Å². The van der Waals surface area contributed by atoms with Gasteiger partial charge in [-0.05, 0) is 6.92 Å². The number of anilines is 2. The number of hydrogen-bond acceptors (Lipinski definition) is 7. The van der Waals surface area contributed by atoms with Gasteiger partial charge in [0, 0.05) is 24.8 Å². The molecule has 0 radical (unpaired) electrons. The summed E-state index contributed by atoms with van der Waals surface area (Å²) in [4.78, 5) is 9.98. The van der Waals surface area contributed by atoms with Gasteiger partial charge in [0.05, 0.1) is 12.2 Å². The van der Waals surface area contributed by atoms with E-state index in [0.29, 0.717) is 24.9 Å². The first-order valence-corrected chi connectivity index (χ1v) is 5.03.